The van der Waals surface area contributed by atoms with Crippen LogP contribution in [0.1, 0.15) is 27.2 Å². The molecule has 0 fully saturated rings. The van der Waals surface area contributed by atoms with Gasteiger partial charge in [-0.05, 0) is 20.3 Å². The molecule has 90 valence electrons. The van der Waals surface area contributed by atoms with Gasteiger partial charge in [0.05, 0.1) is 0 Å². The molecule has 1 rings (SSSR count). The summed E-state index contributed by atoms with van der Waals surface area (Å²) in [7, 11) is 1.87. The van der Waals surface area contributed by atoms with Gasteiger partial charge >= 0.3 is 0 Å². The molecular formula is C12H20N2O2. The summed E-state index contributed by atoms with van der Waals surface area (Å²) in [5.74, 6) is 0. The lowest BCUT2D eigenvalue weighted by atomic mass is 10.1. The van der Waals surface area contributed by atoms with E-state index >= 15 is 0 Å². The van der Waals surface area contributed by atoms with Gasteiger partial charge in [0.2, 0.25) is 0 Å². The van der Waals surface area contributed by atoms with Crippen molar-refractivity contribution < 1.29 is 0 Å². The van der Waals surface area contributed by atoms with Gasteiger partial charge < -0.3 is 9.80 Å². The molecule has 0 heterocycles. The Hall–Kier alpha value is -1.32. The van der Waals surface area contributed by atoms with E-state index in [-0.39, 0.29) is 10.9 Å². The predicted octanol–water partition coefficient (Wildman–Crippen LogP) is 0.975. The molecule has 0 radical (unpaired) electrons. The van der Waals surface area contributed by atoms with Crippen LogP contribution in [0.3, 0.4) is 0 Å². The monoisotopic (exact) mass is 224 g/mol. The van der Waals surface area contributed by atoms with Crippen molar-refractivity contribution >= 4 is 11.4 Å². The Morgan fingerprint density at radius 2 is 1.44 bits per heavy atom. The van der Waals surface area contributed by atoms with Crippen LogP contribution >= 0.6 is 0 Å². The van der Waals surface area contributed by atoms with Gasteiger partial charge in [0.1, 0.15) is 11.4 Å². The molecule has 0 aromatic heterocycles. The average molecular weight is 224 g/mol. The molecule has 4 nitrogen and oxygen atoms in total. The quantitative estimate of drug-likeness (QED) is 0.675. The largest absolute Gasteiger partial charge is 0.370 e. The Morgan fingerprint density at radius 1 is 0.938 bits per heavy atom. The SMILES string of the molecule is CCCN(C)c1c(N(CC)CC)c(=O)c1=O. The van der Waals surface area contributed by atoms with Crippen molar-refractivity contribution in [1.82, 2.24) is 0 Å². The summed E-state index contributed by atoms with van der Waals surface area (Å²) in [5.41, 5.74) is 0.529. The van der Waals surface area contributed by atoms with Crippen LogP contribution in [0.2, 0.25) is 0 Å². The summed E-state index contributed by atoms with van der Waals surface area (Å²) in [6.45, 7) is 8.36. The third kappa shape index (κ3) is 1.96. The Balaban J connectivity index is 3.07. The normalized spacial score (nSPS) is 10.8. The van der Waals surface area contributed by atoms with Crippen molar-refractivity contribution in [3.05, 3.63) is 20.4 Å². The maximum absolute atomic E-state index is 11.6. The van der Waals surface area contributed by atoms with E-state index in [4.69, 9.17) is 0 Å². The summed E-state index contributed by atoms with van der Waals surface area (Å²) >= 11 is 0. The van der Waals surface area contributed by atoms with E-state index in [0.29, 0.717) is 11.4 Å². The van der Waals surface area contributed by atoms with Gasteiger partial charge in [-0.25, -0.2) is 0 Å². The van der Waals surface area contributed by atoms with Gasteiger partial charge in [-0.3, -0.25) is 9.59 Å². The fraction of sp³-hybridized carbons (Fsp3) is 0.667. The van der Waals surface area contributed by atoms with Crippen molar-refractivity contribution in [3.8, 4) is 0 Å². The maximum atomic E-state index is 11.6. The van der Waals surface area contributed by atoms with Crippen molar-refractivity contribution in [2.75, 3.05) is 36.5 Å². The molecule has 0 bridgehead atoms. The highest BCUT2D eigenvalue weighted by Crippen LogP contribution is 2.22. The summed E-state index contributed by atoms with van der Waals surface area (Å²) in [5, 5.41) is 0. The van der Waals surface area contributed by atoms with Gasteiger partial charge in [-0.15, -0.1) is 0 Å². The van der Waals surface area contributed by atoms with E-state index in [1.807, 2.05) is 30.7 Å². The van der Waals surface area contributed by atoms with Gasteiger partial charge in [0.25, 0.3) is 10.9 Å². The Kier molecular flexibility index (Phi) is 4.10. The highest BCUT2D eigenvalue weighted by Gasteiger charge is 2.26. The van der Waals surface area contributed by atoms with Crippen LogP contribution in [0.4, 0.5) is 11.4 Å². The van der Waals surface area contributed by atoms with E-state index in [2.05, 4.69) is 6.92 Å². The van der Waals surface area contributed by atoms with E-state index in [0.717, 1.165) is 26.1 Å². The van der Waals surface area contributed by atoms with E-state index in [1.54, 1.807) is 0 Å². The zero-order valence-electron chi connectivity index (χ0n) is 10.5. The minimum Gasteiger partial charge on any atom is -0.370 e. The first-order valence-electron chi connectivity index (χ1n) is 5.87. The van der Waals surface area contributed by atoms with Gasteiger partial charge in [0.15, 0.2) is 0 Å². The van der Waals surface area contributed by atoms with Crippen molar-refractivity contribution in [3.63, 3.8) is 0 Å². The fourth-order valence-corrected chi connectivity index (χ4v) is 2.00. The summed E-state index contributed by atoms with van der Waals surface area (Å²) in [6, 6.07) is 0. The second-order valence-electron chi connectivity index (χ2n) is 3.95. The molecule has 0 spiro atoms. The number of hydrogen-bond acceptors (Lipinski definition) is 4. The van der Waals surface area contributed by atoms with Crippen LogP contribution < -0.4 is 20.7 Å². The molecule has 0 atom stereocenters. The second kappa shape index (κ2) is 5.14. The zero-order chi connectivity index (χ0) is 12.3. The maximum Gasteiger partial charge on any atom is 0.253 e. The highest BCUT2D eigenvalue weighted by atomic mass is 16.2. The standard InChI is InChI=1S/C12H20N2O2/c1-5-8-13(4)9-10(12(16)11(9)15)14(6-2)7-3/h5-8H2,1-4H3. The highest BCUT2D eigenvalue weighted by molar-refractivity contribution is 5.76. The molecule has 0 amide bonds. The summed E-state index contributed by atoms with van der Waals surface area (Å²) < 4.78 is 0. The molecule has 1 aromatic carbocycles. The molecule has 0 aliphatic carbocycles. The lowest BCUT2D eigenvalue weighted by molar-refractivity contribution is 0.814. The van der Waals surface area contributed by atoms with E-state index < -0.39 is 0 Å². The fourth-order valence-electron chi connectivity index (χ4n) is 2.00. The minimum absolute atomic E-state index is 0.332. The number of nitrogens with zero attached hydrogens (tertiary/aromatic N) is 2. The topological polar surface area (TPSA) is 40.6 Å². The summed E-state index contributed by atoms with van der Waals surface area (Å²) in [6.07, 6.45) is 0.965. The van der Waals surface area contributed by atoms with Gasteiger partial charge in [-0.1, -0.05) is 6.92 Å². The summed E-state index contributed by atoms with van der Waals surface area (Å²) in [4.78, 5) is 26.9. The lowest BCUT2D eigenvalue weighted by Crippen LogP contribution is -2.45. The smallest absolute Gasteiger partial charge is 0.253 e. The molecular weight excluding hydrogens is 204 g/mol. The molecule has 0 saturated heterocycles. The first-order chi connectivity index (χ1) is 7.58. The molecule has 0 saturated carbocycles. The average Bonchev–Trinajstić information content (AvgIpc) is 2.28. The van der Waals surface area contributed by atoms with Crippen molar-refractivity contribution in [2.45, 2.75) is 27.2 Å². The Morgan fingerprint density at radius 3 is 1.88 bits per heavy atom. The van der Waals surface area contributed by atoms with Crippen LogP contribution in [-0.2, 0) is 0 Å². The van der Waals surface area contributed by atoms with Crippen LogP contribution in [0.15, 0.2) is 9.59 Å². The number of hydrogen-bond donors (Lipinski definition) is 0. The Bertz CT molecular complexity index is 415. The van der Waals surface area contributed by atoms with Gasteiger partial charge in [0, 0.05) is 26.7 Å². The van der Waals surface area contributed by atoms with Crippen LogP contribution in [0.5, 0.6) is 0 Å². The third-order valence-corrected chi connectivity index (χ3v) is 2.88. The molecule has 0 aliphatic heterocycles. The third-order valence-electron chi connectivity index (χ3n) is 2.88. The first-order valence-corrected chi connectivity index (χ1v) is 5.87. The minimum atomic E-state index is -0.335. The van der Waals surface area contributed by atoms with E-state index in [1.165, 1.54) is 0 Å². The zero-order valence-corrected chi connectivity index (χ0v) is 10.5. The Labute approximate surface area is 96.2 Å². The first kappa shape index (κ1) is 12.7. The van der Waals surface area contributed by atoms with Crippen LogP contribution in [-0.4, -0.2) is 26.7 Å². The van der Waals surface area contributed by atoms with Crippen LogP contribution in [0.25, 0.3) is 0 Å². The molecule has 1 aromatic rings. The molecule has 16 heavy (non-hydrogen) atoms. The number of anilines is 2. The van der Waals surface area contributed by atoms with Crippen LogP contribution in [0, 0.1) is 0 Å². The molecule has 0 aliphatic rings. The molecule has 4 heteroatoms. The van der Waals surface area contributed by atoms with E-state index in [9.17, 15) is 9.59 Å². The lowest BCUT2D eigenvalue weighted by Gasteiger charge is -2.29. The number of rotatable bonds is 6. The van der Waals surface area contributed by atoms with Gasteiger partial charge in [-0.2, -0.15) is 0 Å². The van der Waals surface area contributed by atoms with Crippen molar-refractivity contribution in [2.24, 2.45) is 0 Å². The van der Waals surface area contributed by atoms with Crippen molar-refractivity contribution in [1.29, 1.82) is 0 Å². The second-order valence-corrected chi connectivity index (χ2v) is 3.95. The predicted molar refractivity (Wildman–Crippen MR) is 68.5 cm³/mol. The molecule has 0 unspecified atom stereocenters. The molecule has 0 N–H and O–H groups in total.